The van der Waals surface area contributed by atoms with Gasteiger partial charge >= 0.3 is 0 Å². The van der Waals surface area contributed by atoms with E-state index in [-0.39, 0.29) is 11.4 Å². The molecule has 2 rings (SSSR count). The van der Waals surface area contributed by atoms with Gasteiger partial charge in [0.1, 0.15) is 0 Å². The van der Waals surface area contributed by atoms with Gasteiger partial charge in [0.25, 0.3) is 5.56 Å². The van der Waals surface area contributed by atoms with E-state index in [0.717, 1.165) is 0 Å². The first-order valence-electron chi connectivity index (χ1n) is 3.15. The molecule has 12 heavy (non-hydrogen) atoms. The Labute approximate surface area is 65.9 Å². The molecule has 0 bridgehead atoms. The number of aromatic nitrogens is 6. The molecule has 2 N–H and O–H groups in total. The van der Waals surface area contributed by atoms with Crippen molar-refractivity contribution >= 4 is 0 Å². The Kier molecular flexibility index (Phi) is 1.40. The molecule has 0 aromatic carbocycles. The van der Waals surface area contributed by atoms with Crippen molar-refractivity contribution in [3.63, 3.8) is 0 Å². The molecule has 0 amide bonds. The lowest BCUT2D eigenvalue weighted by atomic mass is 10.5. The van der Waals surface area contributed by atoms with Crippen LogP contribution in [0.25, 0.3) is 11.6 Å². The van der Waals surface area contributed by atoms with Crippen LogP contribution in [0.1, 0.15) is 0 Å². The maximum Gasteiger partial charge on any atom is 0.251 e. The molecule has 0 aliphatic carbocycles. The number of nitrogens with one attached hydrogen (secondary N) is 2. The zero-order valence-corrected chi connectivity index (χ0v) is 5.85. The minimum Gasteiger partial charge on any atom is -0.304 e. The molecule has 2 aromatic heterocycles. The monoisotopic (exact) mass is 164 g/mol. The minimum absolute atomic E-state index is 0.246. The molecule has 0 radical (unpaired) electrons. The summed E-state index contributed by atoms with van der Waals surface area (Å²) in [5.74, 6) is 0.573. The van der Waals surface area contributed by atoms with Gasteiger partial charge in [-0.05, 0) is 5.21 Å². The molecular weight excluding hydrogens is 160 g/mol. The molecule has 2 heterocycles. The van der Waals surface area contributed by atoms with Gasteiger partial charge in [0.2, 0.25) is 5.82 Å². The zero-order valence-electron chi connectivity index (χ0n) is 5.85. The highest BCUT2D eigenvalue weighted by atomic mass is 16.1. The fourth-order valence-electron chi connectivity index (χ4n) is 0.746. The Morgan fingerprint density at radius 1 is 1.42 bits per heavy atom. The summed E-state index contributed by atoms with van der Waals surface area (Å²) in [6.45, 7) is 0. The van der Waals surface area contributed by atoms with Crippen LogP contribution in [0.3, 0.4) is 0 Å². The van der Waals surface area contributed by atoms with Gasteiger partial charge in [-0.15, -0.1) is 10.2 Å². The highest BCUT2D eigenvalue weighted by Gasteiger charge is 2.03. The van der Waals surface area contributed by atoms with E-state index in [9.17, 15) is 4.79 Å². The summed E-state index contributed by atoms with van der Waals surface area (Å²) in [4.78, 5) is 17.1. The molecule has 0 spiro atoms. The van der Waals surface area contributed by atoms with Crippen molar-refractivity contribution in [2.24, 2.45) is 0 Å². The predicted molar refractivity (Wildman–Crippen MR) is 38.0 cm³/mol. The van der Waals surface area contributed by atoms with E-state index >= 15 is 0 Å². The number of hydrogen-bond acceptors (Lipinski definition) is 5. The van der Waals surface area contributed by atoms with Gasteiger partial charge in [0.05, 0.1) is 0 Å². The molecule has 0 aliphatic heterocycles. The molecule has 0 unspecified atom stereocenters. The molecule has 0 fully saturated rings. The van der Waals surface area contributed by atoms with Crippen LogP contribution in [0.2, 0.25) is 0 Å². The molecule has 7 nitrogen and oxygen atoms in total. The van der Waals surface area contributed by atoms with E-state index in [1.165, 1.54) is 12.3 Å². The average molecular weight is 164 g/mol. The van der Waals surface area contributed by atoms with Crippen LogP contribution in [-0.2, 0) is 0 Å². The molecule has 60 valence electrons. The normalized spacial score (nSPS) is 10.0. The third kappa shape index (κ3) is 1.07. The van der Waals surface area contributed by atoms with Gasteiger partial charge in [0.15, 0.2) is 5.82 Å². The van der Waals surface area contributed by atoms with Gasteiger partial charge in [-0.1, -0.05) is 0 Å². The van der Waals surface area contributed by atoms with Crippen LogP contribution in [0.5, 0.6) is 0 Å². The Bertz CT molecular complexity index is 418. The van der Waals surface area contributed by atoms with E-state index in [2.05, 4.69) is 30.6 Å². The quantitative estimate of drug-likeness (QED) is 0.560. The topological polar surface area (TPSA) is 100 Å². The van der Waals surface area contributed by atoms with E-state index in [1.807, 2.05) is 0 Å². The first-order chi connectivity index (χ1) is 5.86. The fourth-order valence-corrected chi connectivity index (χ4v) is 0.746. The summed E-state index contributed by atoms with van der Waals surface area (Å²) in [7, 11) is 0. The predicted octanol–water partition coefficient (Wildman–Crippen LogP) is -1.05. The molecule has 2 aromatic rings. The highest BCUT2D eigenvalue weighted by molar-refractivity contribution is 5.39. The molecule has 0 aliphatic rings. The van der Waals surface area contributed by atoms with E-state index in [4.69, 9.17) is 0 Å². The van der Waals surface area contributed by atoms with Crippen LogP contribution in [0.4, 0.5) is 0 Å². The molecule has 0 atom stereocenters. The van der Waals surface area contributed by atoms with E-state index in [1.54, 1.807) is 0 Å². The first kappa shape index (κ1) is 6.65. The smallest absolute Gasteiger partial charge is 0.251 e. The Morgan fingerprint density at radius 2 is 2.33 bits per heavy atom. The first-order valence-corrected chi connectivity index (χ1v) is 3.15. The maximum atomic E-state index is 10.8. The Hall–Kier alpha value is -2.05. The second-order valence-electron chi connectivity index (χ2n) is 2.02. The lowest BCUT2D eigenvalue weighted by Gasteiger charge is -1.89. The molecular formula is C5H4N6O. The summed E-state index contributed by atoms with van der Waals surface area (Å²) in [5.41, 5.74) is -0.246. The van der Waals surface area contributed by atoms with Crippen molar-refractivity contribution in [3.05, 3.63) is 22.6 Å². The number of hydrogen-bond donors (Lipinski definition) is 2. The van der Waals surface area contributed by atoms with Crippen LogP contribution in [-0.4, -0.2) is 30.6 Å². The summed E-state index contributed by atoms with van der Waals surface area (Å²) >= 11 is 0. The van der Waals surface area contributed by atoms with Gasteiger partial charge < -0.3 is 4.98 Å². The number of H-pyrrole nitrogens is 2. The van der Waals surface area contributed by atoms with Crippen molar-refractivity contribution in [3.8, 4) is 11.6 Å². The van der Waals surface area contributed by atoms with Crippen LogP contribution in [0.15, 0.2) is 17.1 Å². The third-order valence-corrected chi connectivity index (χ3v) is 1.23. The van der Waals surface area contributed by atoms with Crippen molar-refractivity contribution in [1.82, 2.24) is 30.6 Å². The maximum absolute atomic E-state index is 10.8. The number of aromatic amines is 2. The lowest BCUT2D eigenvalue weighted by molar-refractivity contribution is 0.881. The van der Waals surface area contributed by atoms with Crippen molar-refractivity contribution in [1.29, 1.82) is 0 Å². The van der Waals surface area contributed by atoms with Crippen LogP contribution >= 0.6 is 0 Å². The summed E-state index contributed by atoms with van der Waals surface area (Å²) in [6, 6.07) is 1.31. The third-order valence-electron chi connectivity index (χ3n) is 1.23. The lowest BCUT2D eigenvalue weighted by Crippen LogP contribution is -2.06. The van der Waals surface area contributed by atoms with E-state index < -0.39 is 0 Å². The Morgan fingerprint density at radius 3 is 3.00 bits per heavy atom. The van der Waals surface area contributed by atoms with Gasteiger partial charge in [0, 0.05) is 12.3 Å². The number of rotatable bonds is 1. The number of nitrogens with zero attached hydrogens (tertiary/aromatic N) is 4. The number of tetrazole rings is 1. The minimum atomic E-state index is -0.246. The fraction of sp³-hybridized carbons (Fsp3) is 0. The average Bonchev–Trinajstić information content (AvgIpc) is 2.56. The van der Waals surface area contributed by atoms with Crippen LogP contribution < -0.4 is 5.56 Å². The van der Waals surface area contributed by atoms with Gasteiger partial charge in [-0.3, -0.25) is 4.79 Å². The van der Waals surface area contributed by atoms with Crippen molar-refractivity contribution in [2.45, 2.75) is 0 Å². The van der Waals surface area contributed by atoms with Gasteiger partial charge in [-0.25, -0.2) is 4.98 Å². The van der Waals surface area contributed by atoms with E-state index in [0.29, 0.717) is 5.82 Å². The van der Waals surface area contributed by atoms with Crippen molar-refractivity contribution in [2.75, 3.05) is 0 Å². The SMILES string of the molecule is O=c1ccnc(-c2nn[nH]n2)[nH]1. The largest absolute Gasteiger partial charge is 0.304 e. The molecule has 7 heteroatoms. The zero-order chi connectivity index (χ0) is 8.39. The second-order valence-corrected chi connectivity index (χ2v) is 2.02. The highest BCUT2D eigenvalue weighted by Crippen LogP contribution is 2.00. The standard InChI is InChI=1S/C5H4N6O/c12-3-1-2-6-4(7-3)5-8-10-11-9-5/h1-2H,(H,6,7,12)(H,8,9,10,11). The second kappa shape index (κ2) is 2.53. The summed E-state index contributed by atoms with van der Waals surface area (Å²) < 4.78 is 0. The van der Waals surface area contributed by atoms with Crippen molar-refractivity contribution < 1.29 is 0 Å². The summed E-state index contributed by atoms with van der Waals surface area (Å²) in [6.07, 6.45) is 1.38. The molecule has 0 saturated carbocycles. The van der Waals surface area contributed by atoms with Crippen LogP contribution in [0, 0.1) is 0 Å². The molecule has 0 saturated heterocycles. The summed E-state index contributed by atoms with van der Waals surface area (Å²) in [5, 5.41) is 12.9. The van der Waals surface area contributed by atoms with Gasteiger partial charge in [-0.2, -0.15) is 5.21 Å². The Balaban J connectivity index is 2.55.